The van der Waals surface area contributed by atoms with E-state index in [2.05, 4.69) is 98.8 Å². The molecule has 1 nitrogen and oxygen atoms in total. The average molecular weight is 592 g/mol. The summed E-state index contributed by atoms with van der Waals surface area (Å²) < 4.78 is 1.51. The van der Waals surface area contributed by atoms with Gasteiger partial charge in [0.25, 0.3) is 0 Å². The fraction of sp³-hybridized carbons (Fsp3) is 0.188. The normalized spacial score (nSPS) is 11.1. The van der Waals surface area contributed by atoms with Crippen LogP contribution in [-0.2, 0) is 37.1 Å². The Hall–Kier alpha value is -1.96. The smallest absolute Gasteiger partial charge is 0.0429 e. The van der Waals surface area contributed by atoms with Crippen molar-refractivity contribution in [1.29, 1.82) is 0 Å². The molecule has 5 aromatic carbocycles. The van der Waals surface area contributed by atoms with Crippen LogP contribution < -0.4 is 24.8 Å². The van der Waals surface area contributed by atoms with E-state index in [0.717, 1.165) is 19.3 Å². The molecule has 182 valence electrons. The molecule has 0 bridgehead atoms. The number of hydrogen-bond donors (Lipinski definition) is 1. The number of aliphatic hydroxyl groups excluding tert-OH is 1. The van der Waals surface area contributed by atoms with Crippen LogP contribution in [0.25, 0.3) is 43.8 Å². The zero-order chi connectivity index (χ0) is 23.7. The largest absolute Gasteiger partial charge is 1.00 e. The van der Waals surface area contributed by atoms with E-state index in [0.29, 0.717) is 0 Å². The van der Waals surface area contributed by atoms with Crippen molar-refractivity contribution in [2.75, 3.05) is 6.61 Å². The first-order valence-corrected chi connectivity index (χ1v) is 13.2. The zero-order valence-electron chi connectivity index (χ0n) is 20.6. The summed E-state index contributed by atoms with van der Waals surface area (Å²) in [7, 11) is 0. The van der Waals surface area contributed by atoms with E-state index in [1.165, 1.54) is 63.7 Å². The van der Waals surface area contributed by atoms with Crippen LogP contribution in [0.15, 0.2) is 84.9 Å². The summed E-state index contributed by atoms with van der Waals surface area (Å²) in [5.41, 5.74) is 9.65. The van der Waals surface area contributed by atoms with Crippen molar-refractivity contribution < 1.29 is 54.2 Å². The van der Waals surface area contributed by atoms with Crippen molar-refractivity contribution in [1.82, 2.24) is 0 Å². The molecule has 1 aliphatic carbocycles. The summed E-state index contributed by atoms with van der Waals surface area (Å²) in [6.45, 7) is 4.47. The number of aliphatic hydroxyl groups is 1. The minimum atomic E-state index is 0. The van der Waals surface area contributed by atoms with Gasteiger partial charge in [0.2, 0.25) is 0 Å². The van der Waals surface area contributed by atoms with E-state index in [1.807, 2.05) is 0 Å². The van der Waals surface area contributed by atoms with Gasteiger partial charge in [0, 0.05) is 6.61 Å². The van der Waals surface area contributed by atoms with E-state index >= 15 is 0 Å². The van der Waals surface area contributed by atoms with Gasteiger partial charge < -0.3 is 29.9 Å². The molecule has 1 aliphatic rings. The molecule has 0 unspecified atom stereocenters. The molecule has 36 heavy (non-hydrogen) atoms. The second kappa shape index (κ2) is 12.5. The molecule has 0 atom stereocenters. The zero-order valence-corrected chi connectivity index (χ0v) is 24.6. The molecule has 0 heterocycles. The molecule has 1 N–H and O–H groups in total. The molecule has 0 saturated heterocycles. The van der Waals surface area contributed by atoms with Crippen LogP contribution in [0, 0.1) is 0 Å². The SMILES string of the molecule is C[C](C)=[Zr+2].OCCCc1c(-[c-]2c3ccccc3c3ccccc32)ccc2c1Cc1ccccc1-2.[Cl-].[Cl-]. The molecule has 0 saturated carbocycles. The van der Waals surface area contributed by atoms with E-state index in [-0.39, 0.29) is 31.4 Å². The summed E-state index contributed by atoms with van der Waals surface area (Å²) in [6, 6.07) is 30.9. The van der Waals surface area contributed by atoms with Crippen LogP contribution in [0.1, 0.15) is 37.0 Å². The molecular formula is C32H29Cl2OZr-. The van der Waals surface area contributed by atoms with Gasteiger partial charge in [0.1, 0.15) is 0 Å². The maximum absolute atomic E-state index is 9.61. The second-order valence-corrected chi connectivity index (χ2v) is 11.7. The summed E-state index contributed by atoms with van der Waals surface area (Å²) >= 11 is 1.55. The Morgan fingerprint density at radius 1 is 0.778 bits per heavy atom. The molecule has 0 aromatic heterocycles. The first kappa shape index (κ1) is 28.6. The fourth-order valence-corrected chi connectivity index (χ4v) is 5.36. The van der Waals surface area contributed by atoms with Gasteiger partial charge in [-0.2, -0.15) is 0 Å². The van der Waals surface area contributed by atoms with Crippen LogP contribution in [0.3, 0.4) is 0 Å². The standard InChI is InChI=1S/C29H23O.C3H6.2ClH.Zr/c30-17-7-14-23-27(16-15-24-20-9-2-1-8-19(20)18-28(23)24)29-25-12-5-3-10-21(25)22-11-4-6-13-26(22)29;1-3-2;;;/h1-6,8-13,15-16,30H,7,14,17-18H2;1-2H3;2*1H;/q-1;;;;+2/p-2. The van der Waals surface area contributed by atoms with E-state index in [1.54, 1.807) is 24.2 Å². The number of benzene rings is 4. The molecule has 4 heteroatoms. The van der Waals surface area contributed by atoms with E-state index < -0.39 is 0 Å². The summed E-state index contributed by atoms with van der Waals surface area (Å²) in [6.07, 6.45) is 2.67. The van der Waals surface area contributed by atoms with Gasteiger partial charge in [-0.05, 0) is 36.0 Å². The molecule has 0 amide bonds. The average Bonchev–Trinajstić information content (AvgIpc) is 3.38. The predicted molar refractivity (Wildman–Crippen MR) is 142 cm³/mol. The van der Waals surface area contributed by atoms with Crippen molar-refractivity contribution in [3.05, 3.63) is 102 Å². The van der Waals surface area contributed by atoms with Gasteiger partial charge in [-0.3, -0.25) is 0 Å². The van der Waals surface area contributed by atoms with Crippen LogP contribution in [0.4, 0.5) is 0 Å². The molecular weight excluding hydrogens is 562 g/mol. The molecule has 0 spiro atoms. The van der Waals surface area contributed by atoms with Gasteiger partial charge in [0.05, 0.1) is 0 Å². The van der Waals surface area contributed by atoms with Gasteiger partial charge in [-0.25, -0.2) is 0 Å². The van der Waals surface area contributed by atoms with Gasteiger partial charge in [-0.15, -0.1) is 0 Å². The Balaban J connectivity index is 0.000000563. The third-order valence-corrected chi connectivity index (χ3v) is 6.64. The third kappa shape index (κ3) is 5.34. The number of halogens is 2. The Labute approximate surface area is 241 Å². The van der Waals surface area contributed by atoms with Crippen molar-refractivity contribution in [3.8, 4) is 22.3 Å². The minimum Gasteiger partial charge on any atom is -1.00 e. The number of fused-ring (bicyclic) bond motifs is 6. The quantitative estimate of drug-likeness (QED) is 0.309. The Morgan fingerprint density at radius 2 is 1.33 bits per heavy atom. The van der Waals surface area contributed by atoms with E-state index in [4.69, 9.17) is 0 Å². The first-order valence-electron chi connectivity index (χ1n) is 12.0. The summed E-state index contributed by atoms with van der Waals surface area (Å²) in [5.74, 6) is 0. The van der Waals surface area contributed by atoms with Crippen molar-refractivity contribution in [2.45, 2.75) is 33.1 Å². The van der Waals surface area contributed by atoms with Gasteiger partial charge >= 0.3 is 41.3 Å². The fourth-order valence-electron chi connectivity index (χ4n) is 5.36. The number of rotatable bonds is 4. The van der Waals surface area contributed by atoms with Crippen LogP contribution in [-0.4, -0.2) is 14.9 Å². The number of hydrogen-bond acceptors (Lipinski definition) is 1. The monoisotopic (exact) mass is 589 g/mol. The molecule has 0 aliphatic heterocycles. The maximum Gasteiger partial charge on any atom is 0.0429 e. The molecule has 6 rings (SSSR count). The summed E-state index contributed by atoms with van der Waals surface area (Å²) in [4.78, 5) is 0. The Kier molecular flexibility index (Phi) is 9.96. The van der Waals surface area contributed by atoms with Crippen molar-refractivity contribution in [3.63, 3.8) is 0 Å². The van der Waals surface area contributed by atoms with Crippen LogP contribution in [0.5, 0.6) is 0 Å². The third-order valence-electron chi connectivity index (χ3n) is 6.64. The summed E-state index contributed by atoms with van der Waals surface area (Å²) in [5, 5.41) is 14.9. The van der Waals surface area contributed by atoms with Gasteiger partial charge in [0.15, 0.2) is 0 Å². The van der Waals surface area contributed by atoms with Crippen LogP contribution in [0.2, 0.25) is 0 Å². The topological polar surface area (TPSA) is 20.2 Å². The van der Waals surface area contributed by atoms with Crippen molar-refractivity contribution in [2.24, 2.45) is 0 Å². The van der Waals surface area contributed by atoms with Crippen LogP contribution >= 0.6 is 0 Å². The second-order valence-electron chi connectivity index (χ2n) is 9.25. The molecule has 0 fully saturated rings. The minimum absolute atomic E-state index is 0. The Bertz CT molecular complexity index is 1460. The predicted octanol–water partition coefficient (Wildman–Crippen LogP) is 1.63. The molecule has 0 radical (unpaired) electrons. The van der Waals surface area contributed by atoms with Gasteiger partial charge in [-0.1, -0.05) is 129 Å². The molecule has 5 aromatic rings. The Morgan fingerprint density at radius 3 is 1.94 bits per heavy atom. The first-order chi connectivity index (χ1) is 16.6. The maximum atomic E-state index is 9.61. The van der Waals surface area contributed by atoms with E-state index in [9.17, 15) is 5.11 Å². The van der Waals surface area contributed by atoms with Crippen molar-refractivity contribution >= 4 is 24.8 Å².